The summed E-state index contributed by atoms with van der Waals surface area (Å²) in [6.07, 6.45) is 2.84. The Bertz CT molecular complexity index is 684. The molecule has 3 heterocycles. The molecule has 0 bridgehead atoms. The summed E-state index contributed by atoms with van der Waals surface area (Å²) < 4.78 is 0. The molecule has 0 aromatic carbocycles. The van der Waals surface area contributed by atoms with Crippen molar-refractivity contribution in [2.45, 2.75) is 26.8 Å². The van der Waals surface area contributed by atoms with Crippen molar-refractivity contribution in [2.24, 2.45) is 5.92 Å². The molecule has 0 aliphatic carbocycles. The van der Waals surface area contributed by atoms with Crippen molar-refractivity contribution in [1.29, 1.82) is 0 Å². The Morgan fingerprint density at radius 3 is 3.00 bits per heavy atom. The predicted molar refractivity (Wildman–Crippen MR) is 87.7 cm³/mol. The van der Waals surface area contributed by atoms with Gasteiger partial charge in [-0.05, 0) is 17.4 Å². The molecular formula is C14H17N5S2. The first kappa shape index (κ1) is 14.2. The van der Waals surface area contributed by atoms with Gasteiger partial charge in [-0.3, -0.25) is 5.10 Å². The summed E-state index contributed by atoms with van der Waals surface area (Å²) in [5.41, 5.74) is 2.21. The molecule has 3 aromatic rings. The number of nitrogens with one attached hydrogen (secondary N) is 2. The first-order chi connectivity index (χ1) is 10.2. The zero-order valence-electron chi connectivity index (χ0n) is 12.0. The van der Waals surface area contributed by atoms with Gasteiger partial charge in [-0.15, -0.1) is 21.5 Å². The van der Waals surface area contributed by atoms with Gasteiger partial charge in [0.15, 0.2) is 0 Å². The number of nitrogens with zero attached hydrogens (tertiary/aromatic N) is 3. The van der Waals surface area contributed by atoms with Gasteiger partial charge in [0.25, 0.3) is 0 Å². The molecule has 2 N–H and O–H groups in total. The number of aromatic nitrogens is 4. The van der Waals surface area contributed by atoms with Crippen molar-refractivity contribution in [3.63, 3.8) is 0 Å². The lowest BCUT2D eigenvalue weighted by Gasteiger charge is -2.02. The van der Waals surface area contributed by atoms with E-state index in [1.54, 1.807) is 22.7 Å². The van der Waals surface area contributed by atoms with Crippen LogP contribution in [0.5, 0.6) is 0 Å². The Hall–Kier alpha value is -1.73. The summed E-state index contributed by atoms with van der Waals surface area (Å²) in [6.45, 7) is 5.07. The lowest BCUT2D eigenvalue weighted by Crippen LogP contribution is -1.99. The molecule has 3 rings (SSSR count). The molecule has 3 aromatic heterocycles. The van der Waals surface area contributed by atoms with Crippen LogP contribution in [-0.2, 0) is 13.0 Å². The van der Waals surface area contributed by atoms with Gasteiger partial charge >= 0.3 is 0 Å². The molecule has 0 spiro atoms. The van der Waals surface area contributed by atoms with Crippen LogP contribution in [-0.4, -0.2) is 20.4 Å². The minimum atomic E-state index is 0.602. The molecule has 0 aliphatic heterocycles. The van der Waals surface area contributed by atoms with Gasteiger partial charge in [0, 0.05) is 18.5 Å². The summed E-state index contributed by atoms with van der Waals surface area (Å²) >= 11 is 3.33. The Morgan fingerprint density at radius 1 is 1.33 bits per heavy atom. The Balaban J connectivity index is 1.66. The number of hydrogen-bond donors (Lipinski definition) is 2. The minimum absolute atomic E-state index is 0.602. The van der Waals surface area contributed by atoms with Crippen LogP contribution >= 0.6 is 22.7 Å². The molecule has 0 amide bonds. The monoisotopic (exact) mass is 319 g/mol. The maximum absolute atomic E-state index is 4.21. The molecule has 21 heavy (non-hydrogen) atoms. The second-order valence-corrected chi connectivity index (χ2v) is 7.21. The number of rotatable bonds is 6. The molecule has 110 valence electrons. The van der Waals surface area contributed by atoms with Crippen LogP contribution in [0.1, 0.15) is 24.4 Å². The highest BCUT2D eigenvalue weighted by Gasteiger charge is 2.10. The average Bonchev–Trinajstić information content (AvgIpc) is 3.17. The Morgan fingerprint density at radius 2 is 2.24 bits per heavy atom. The SMILES string of the molecule is CC(C)Cc1nnc(NCc2cn[nH]c2-c2cccs2)s1. The van der Waals surface area contributed by atoms with E-state index in [2.05, 4.69) is 51.0 Å². The fraction of sp³-hybridized carbons (Fsp3) is 0.357. The van der Waals surface area contributed by atoms with Crippen molar-refractivity contribution in [2.75, 3.05) is 5.32 Å². The standard InChI is InChI=1S/C14H17N5S2/c1-9(2)6-12-17-19-14(21-12)15-7-10-8-16-18-13(10)11-4-3-5-20-11/h3-5,8-9H,6-7H2,1-2H3,(H,15,19)(H,16,18). The van der Waals surface area contributed by atoms with Crippen molar-refractivity contribution in [3.8, 4) is 10.6 Å². The van der Waals surface area contributed by atoms with E-state index in [0.717, 1.165) is 27.8 Å². The zero-order chi connectivity index (χ0) is 14.7. The predicted octanol–water partition coefficient (Wildman–Crippen LogP) is 3.80. The second-order valence-electron chi connectivity index (χ2n) is 5.20. The molecule has 5 nitrogen and oxygen atoms in total. The summed E-state index contributed by atoms with van der Waals surface area (Å²) in [5.74, 6) is 0.602. The van der Waals surface area contributed by atoms with E-state index in [4.69, 9.17) is 0 Å². The number of thiophene rings is 1. The highest BCUT2D eigenvalue weighted by atomic mass is 32.1. The Labute approximate surface area is 131 Å². The van der Waals surface area contributed by atoms with Crippen LogP contribution in [0.25, 0.3) is 10.6 Å². The van der Waals surface area contributed by atoms with Crippen LogP contribution in [0.15, 0.2) is 23.7 Å². The van der Waals surface area contributed by atoms with E-state index in [1.165, 1.54) is 4.88 Å². The summed E-state index contributed by atoms with van der Waals surface area (Å²) in [4.78, 5) is 1.20. The molecule has 7 heteroatoms. The van der Waals surface area contributed by atoms with E-state index in [-0.39, 0.29) is 0 Å². The van der Waals surface area contributed by atoms with Gasteiger partial charge in [-0.1, -0.05) is 31.3 Å². The topological polar surface area (TPSA) is 66.5 Å². The fourth-order valence-electron chi connectivity index (χ4n) is 2.01. The quantitative estimate of drug-likeness (QED) is 0.725. The summed E-state index contributed by atoms with van der Waals surface area (Å²) in [7, 11) is 0. The van der Waals surface area contributed by atoms with Crippen LogP contribution in [0.4, 0.5) is 5.13 Å². The maximum atomic E-state index is 4.21. The first-order valence-corrected chi connectivity index (χ1v) is 8.54. The van der Waals surface area contributed by atoms with Gasteiger partial charge in [0.1, 0.15) is 5.01 Å². The molecule has 0 unspecified atom stereocenters. The van der Waals surface area contributed by atoms with E-state index < -0.39 is 0 Å². The van der Waals surface area contributed by atoms with E-state index >= 15 is 0 Å². The van der Waals surface area contributed by atoms with E-state index in [9.17, 15) is 0 Å². The van der Waals surface area contributed by atoms with Crippen LogP contribution in [0, 0.1) is 5.92 Å². The number of hydrogen-bond acceptors (Lipinski definition) is 6. The van der Waals surface area contributed by atoms with Gasteiger partial charge in [0.2, 0.25) is 5.13 Å². The average molecular weight is 319 g/mol. The first-order valence-electron chi connectivity index (χ1n) is 6.84. The fourth-order valence-corrected chi connectivity index (χ4v) is 3.71. The van der Waals surface area contributed by atoms with Crippen molar-refractivity contribution in [1.82, 2.24) is 20.4 Å². The van der Waals surface area contributed by atoms with Gasteiger partial charge < -0.3 is 5.32 Å². The highest BCUT2D eigenvalue weighted by molar-refractivity contribution is 7.15. The van der Waals surface area contributed by atoms with E-state index in [0.29, 0.717) is 12.5 Å². The smallest absolute Gasteiger partial charge is 0.205 e. The third-order valence-electron chi connectivity index (χ3n) is 2.97. The van der Waals surface area contributed by atoms with E-state index in [1.807, 2.05) is 12.3 Å². The second kappa shape index (κ2) is 6.36. The third-order valence-corrected chi connectivity index (χ3v) is 4.76. The van der Waals surface area contributed by atoms with Gasteiger partial charge in [0.05, 0.1) is 16.8 Å². The molecule has 0 radical (unpaired) electrons. The van der Waals surface area contributed by atoms with Gasteiger partial charge in [-0.25, -0.2) is 0 Å². The third kappa shape index (κ3) is 3.48. The summed E-state index contributed by atoms with van der Waals surface area (Å²) in [6, 6.07) is 4.13. The van der Waals surface area contributed by atoms with Crippen LogP contribution < -0.4 is 5.32 Å². The van der Waals surface area contributed by atoms with Crippen LogP contribution in [0.3, 0.4) is 0 Å². The van der Waals surface area contributed by atoms with Crippen molar-refractivity contribution < 1.29 is 0 Å². The molecular weight excluding hydrogens is 302 g/mol. The normalized spacial score (nSPS) is 11.2. The molecule has 0 saturated carbocycles. The number of anilines is 1. The van der Waals surface area contributed by atoms with Crippen molar-refractivity contribution >= 4 is 27.8 Å². The number of aromatic amines is 1. The molecule has 0 fully saturated rings. The summed E-state index contributed by atoms with van der Waals surface area (Å²) in [5, 5.41) is 23.0. The minimum Gasteiger partial charge on any atom is -0.356 e. The van der Waals surface area contributed by atoms with Gasteiger partial charge in [-0.2, -0.15) is 5.10 Å². The zero-order valence-corrected chi connectivity index (χ0v) is 13.6. The van der Waals surface area contributed by atoms with Crippen LogP contribution in [0.2, 0.25) is 0 Å². The molecule has 0 atom stereocenters. The maximum Gasteiger partial charge on any atom is 0.205 e. The Kier molecular flexibility index (Phi) is 4.31. The lowest BCUT2D eigenvalue weighted by atomic mass is 10.1. The lowest BCUT2D eigenvalue weighted by molar-refractivity contribution is 0.640. The largest absolute Gasteiger partial charge is 0.356 e. The van der Waals surface area contributed by atoms with Crippen molar-refractivity contribution in [3.05, 3.63) is 34.3 Å². The molecule has 0 saturated heterocycles. The number of H-pyrrole nitrogens is 1. The highest BCUT2D eigenvalue weighted by Crippen LogP contribution is 2.26. The molecule has 0 aliphatic rings.